The summed E-state index contributed by atoms with van der Waals surface area (Å²) in [5, 5.41) is 8.71. The predicted molar refractivity (Wildman–Crippen MR) is 73.9 cm³/mol. The minimum atomic E-state index is -0.378. The fraction of sp³-hybridized carbons (Fsp3) is 0.0667. The Balaban J connectivity index is 1.99. The van der Waals surface area contributed by atoms with Crippen LogP contribution in [0.3, 0.4) is 0 Å². The maximum Gasteiger partial charge on any atom is 0.156 e. The number of rotatable bonds is 3. The Bertz CT molecular complexity index is 756. The SMILES string of the molecule is NCc1ccc(Oc2cnnc3ccccc23)cc1F. The first kappa shape index (κ1) is 12.5. The van der Waals surface area contributed by atoms with E-state index in [1.54, 1.807) is 12.1 Å². The van der Waals surface area contributed by atoms with Crippen LogP contribution in [0.4, 0.5) is 4.39 Å². The van der Waals surface area contributed by atoms with Crippen LogP contribution in [0.15, 0.2) is 48.7 Å². The van der Waals surface area contributed by atoms with E-state index in [2.05, 4.69) is 10.2 Å². The van der Waals surface area contributed by atoms with Gasteiger partial charge in [-0.05, 0) is 18.2 Å². The molecule has 4 nitrogen and oxygen atoms in total. The lowest BCUT2D eigenvalue weighted by molar-refractivity contribution is 0.477. The third kappa shape index (κ3) is 2.31. The van der Waals surface area contributed by atoms with Crippen LogP contribution in [0.2, 0.25) is 0 Å². The summed E-state index contributed by atoms with van der Waals surface area (Å²) in [5.41, 5.74) is 6.61. The maximum absolute atomic E-state index is 13.7. The van der Waals surface area contributed by atoms with Crippen LogP contribution in [0, 0.1) is 5.82 Å². The van der Waals surface area contributed by atoms with Gasteiger partial charge in [0.05, 0.1) is 11.7 Å². The van der Waals surface area contributed by atoms with Gasteiger partial charge < -0.3 is 10.5 Å². The van der Waals surface area contributed by atoms with Crippen molar-refractivity contribution in [2.24, 2.45) is 5.73 Å². The first-order valence-electron chi connectivity index (χ1n) is 6.14. The Hall–Kier alpha value is -2.53. The lowest BCUT2D eigenvalue weighted by atomic mass is 10.2. The van der Waals surface area contributed by atoms with Crippen LogP contribution in [0.25, 0.3) is 10.9 Å². The Morgan fingerprint density at radius 2 is 2.00 bits per heavy atom. The molecule has 1 heterocycles. The number of ether oxygens (including phenoxy) is 1. The molecule has 3 aromatic rings. The zero-order valence-electron chi connectivity index (χ0n) is 10.6. The van der Waals surface area contributed by atoms with Crippen LogP contribution in [-0.2, 0) is 6.54 Å². The van der Waals surface area contributed by atoms with Gasteiger partial charge in [-0.25, -0.2) is 4.39 Å². The average molecular weight is 269 g/mol. The maximum atomic E-state index is 13.7. The summed E-state index contributed by atoms with van der Waals surface area (Å²) >= 11 is 0. The summed E-state index contributed by atoms with van der Waals surface area (Å²) in [7, 11) is 0. The molecular formula is C15H12FN3O. The second-order valence-corrected chi connectivity index (χ2v) is 4.29. The smallest absolute Gasteiger partial charge is 0.156 e. The highest BCUT2D eigenvalue weighted by Gasteiger charge is 2.07. The fourth-order valence-electron chi connectivity index (χ4n) is 1.95. The molecule has 5 heteroatoms. The molecule has 0 bridgehead atoms. The van der Waals surface area contributed by atoms with Gasteiger partial charge in [0, 0.05) is 23.6 Å². The first-order chi connectivity index (χ1) is 9.78. The van der Waals surface area contributed by atoms with E-state index in [9.17, 15) is 4.39 Å². The molecule has 0 atom stereocenters. The summed E-state index contributed by atoms with van der Waals surface area (Å²) < 4.78 is 19.4. The molecule has 0 aliphatic heterocycles. The lowest BCUT2D eigenvalue weighted by Crippen LogP contribution is -1.99. The Kier molecular flexibility index (Phi) is 3.26. The molecule has 0 aliphatic rings. The molecule has 0 radical (unpaired) electrons. The molecule has 0 spiro atoms. The largest absolute Gasteiger partial charge is 0.455 e. The van der Waals surface area contributed by atoms with Gasteiger partial charge in [-0.15, -0.1) is 0 Å². The van der Waals surface area contributed by atoms with E-state index in [0.29, 0.717) is 17.1 Å². The molecule has 0 fully saturated rings. The van der Waals surface area contributed by atoms with Gasteiger partial charge in [0.25, 0.3) is 0 Å². The summed E-state index contributed by atoms with van der Waals surface area (Å²) in [6, 6.07) is 12.1. The highest BCUT2D eigenvalue weighted by molar-refractivity contribution is 5.84. The van der Waals surface area contributed by atoms with E-state index in [1.165, 1.54) is 12.3 Å². The molecule has 0 aliphatic carbocycles. The van der Waals surface area contributed by atoms with Crippen molar-refractivity contribution in [1.82, 2.24) is 10.2 Å². The normalized spacial score (nSPS) is 10.7. The molecule has 2 N–H and O–H groups in total. The van der Waals surface area contributed by atoms with Crippen molar-refractivity contribution in [3.8, 4) is 11.5 Å². The number of hydrogen-bond donors (Lipinski definition) is 1. The molecular weight excluding hydrogens is 257 g/mol. The van der Waals surface area contributed by atoms with Crippen molar-refractivity contribution < 1.29 is 9.13 Å². The Morgan fingerprint density at radius 1 is 1.15 bits per heavy atom. The standard InChI is InChI=1S/C15H12FN3O/c16-13-7-11(6-5-10(13)8-17)20-15-9-18-19-14-4-2-1-3-12(14)15/h1-7,9H,8,17H2. The quantitative estimate of drug-likeness (QED) is 0.794. The minimum Gasteiger partial charge on any atom is -0.455 e. The van der Waals surface area contributed by atoms with E-state index in [-0.39, 0.29) is 12.4 Å². The van der Waals surface area contributed by atoms with Gasteiger partial charge in [0.15, 0.2) is 5.75 Å². The molecule has 3 rings (SSSR count). The zero-order chi connectivity index (χ0) is 13.9. The monoisotopic (exact) mass is 269 g/mol. The molecule has 0 saturated heterocycles. The summed E-state index contributed by atoms with van der Waals surface area (Å²) in [4.78, 5) is 0. The molecule has 2 aromatic carbocycles. The second kappa shape index (κ2) is 5.22. The van der Waals surface area contributed by atoms with Crippen molar-refractivity contribution in [2.75, 3.05) is 0 Å². The number of hydrogen-bond acceptors (Lipinski definition) is 4. The van der Waals surface area contributed by atoms with Gasteiger partial charge in [0.1, 0.15) is 11.6 Å². The first-order valence-corrected chi connectivity index (χ1v) is 6.14. The van der Waals surface area contributed by atoms with E-state index >= 15 is 0 Å². The van der Waals surface area contributed by atoms with Crippen LogP contribution in [-0.4, -0.2) is 10.2 Å². The fourth-order valence-corrected chi connectivity index (χ4v) is 1.95. The van der Waals surface area contributed by atoms with E-state index in [0.717, 1.165) is 10.9 Å². The van der Waals surface area contributed by atoms with E-state index < -0.39 is 0 Å². The minimum absolute atomic E-state index is 0.159. The number of benzene rings is 2. The number of nitrogens with two attached hydrogens (primary N) is 1. The third-order valence-electron chi connectivity index (χ3n) is 2.98. The van der Waals surface area contributed by atoms with Crippen molar-refractivity contribution in [1.29, 1.82) is 0 Å². The molecule has 0 unspecified atom stereocenters. The van der Waals surface area contributed by atoms with Crippen LogP contribution < -0.4 is 10.5 Å². The van der Waals surface area contributed by atoms with Crippen LogP contribution in [0.5, 0.6) is 11.5 Å². The van der Waals surface area contributed by atoms with Crippen LogP contribution >= 0.6 is 0 Å². The lowest BCUT2D eigenvalue weighted by Gasteiger charge is -2.09. The summed E-state index contributed by atoms with van der Waals surface area (Å²) in [5.74, 6) is 0.560. The van der Waals surface area contributed by atoms with E-state index in [4.69, 9.17) is 10.5 Å². The summed E-state index contributed by atoms with van der Waals surface area (Å²) in [6.45, 7) is 0.159. The van der Waals surface area contributed by atoms with Gasteiger partial charge in [-0.3, -0.25) is 0 Å². The molecule has 100 valence electrons. The molecule has 20 heavy (non-hydrogen) atoms. The zero-order valence-corrected chi connectivity index (χ0v) is 10.6. The van der Waals surface area contributed by atoms with Crippen molar-refractivity contribution in [3.63, 3.8) is 0 Å². The van der Waals surface area contributed by atoms with Crippen molar-refractivity contribution >= 4 is 10.9 Å². The Morgan fingerprint density at radius 3 is 2.80 bits per heavy atom. The second-order valence-electron chi connectivity index (χ2n) is 4.29. The highest BCUT2D eigenvalue weighted by atomic mass is 19.1. The van der Waals surface area contributed by atoms with Crippen molar-refractivity contribution in [2.45, 2.75) is 6.54 Å². The van der Waals surface area contributed by atoms with Crippen molar-refractivity contribution in [3.05, 3.63) is 60.0 Å². The van der Waals surface area contributed by atoms with Gasteiger partial charge in [0.2, 0.25) is 0 Å². The Labute approximate surface area is 115 Å². The van der Waals surface area contributed by atoms with Gasteiger partial charge in [-0.2, -0.15) is 10.2 Å². The third-order valence-corrected chi connectivity index (χ3v) is 2.98. The molecule has 0 amide bonds. The highest BCUT2D eigenvalue weighted by Crippen LogP contribution is 2.28. The van der Waals surface area contributed by atoms with E-state index in [1.807, 2.05) is 24.3 Å². The summed E-state index contributed by atoms with van der Waals surface area (Å²) in [6.07, 6.45) is 1.51. The number of nitrogens with zero attached hydrogens (tertiary/aromatic N) is 2. The average Bonchev–Trinajstić information content (AvgIpc) is 2.48. The molecule has 1 aromatic heterocycles. The number of aromatic nitrogens is 2. The molecule has 0 saturated carbocycles. The predicted octanol–water partition coefficient (Wildman–Crippen LogP) is 3.02. The topological polar surface area (TPSA) is 61.0 Å². The van der Waals surface area contributed by atoms with Gasteiger partial charge in [-0.1, -0.05) is 18.2 Å². The number of halogens is 1. The van der Waals surface area contributed by atoms with Gasteiger partial charge >= 0.3 is 0 Å². The van der Waals surface area contributed by atoms with Crippen LogP contribution in [0.1, 0.15) is 5.56 Å². The number of fused-ring (bicyclic) bond motifs is 1.